The van der Waals surface area contributed by atoms with E-state index in [1.54, 1.807) is 0 Å². The van der Waals surface area contributed by atoms with Crippen molar-refractivity contribution in [2.24, 2.45) is 0 Å². The second-order valence-electron chi connectivity index (χ2n) is 11.5. The Morgan fingerprint density at radius 3 is 1.68 bits per heavy atom. The van der Waals surface area contributed by atoms with Gasteiger partial charge < -0.3 is 31.4 Å². The summed E-state index contributed by atoms with van der Waals surface area (Å²) >= 11 is 0. The monoisotopic (exact) mass is 726 g/mol. The summed E-state index contributed by atoms with van der Waals surface area (Å²) < 4.78 is 0. The molecule has 0 amide bonds. The summed E-state index contributed by atoms with van der Waals surface area (Å²) in [5.74, 6) is 0.841. The summed E-state index contributed by atoms with van der Waals surface area (Å²) in [6, 6.07) is 19.9. The molecular weight excluding hydrogens is 685 g/mol. The number of fused-ring (bicyclic) bond motifs is 1. The fourth-order valence-corrected chi connectivity index (χ4v) is 5.60. The molecule has 0 radical (unpaired) electrons. The van der Waals surface area contributed by atoms with Crippen molar-refractivity contribution in [1.29, 1.82) is 5.26 Å². The summed E-state index contributed by atoms with van der Waals surface area (Å²) in [7, 11) is 4.24. The van der Waals surface area contributed by atoms with E-state index < -0.39 is 0 Å². The number of anilines is 4. The molecule has 5 nitrogen and oxygen atoms in total. The summed E-state index contributed by atoms with van der Waals surface area (Å²) in [6.07, 6.45) is 0. The Morgan fingerprint density at radius 2 is 1.20 bits per heavy atom. The predicted octanol–water partition coefficient (Wildman–Crippen LogP) is 8.94. The minimum atomic E-state index is 0. The first kappa shape index (κ1) is 32.3. The van der Waals surface area contributed by atoms with Crippen molar-refractivity contribution >= 4 is 22.7 Å². The van der Waals surface area contributed by atoms with Gasteiger partial charge in [-0.3, -0.25) is 0 Å². The van der Waals surface area contributed by atoms with Crippen LogP contribution in [0.3, 0.4) is 0 Å². The molecule has 6 heteroatoms. The van der Waals surface area contributed by atoms with Crippen LogP contribution in [0.2, 0.25) is 0 Å². The van der Waals surface area contributed by atoms with Crippen LogP contribution in [0.5, 0.6) is 0 Å². The number of nitrogens with zero attached hydrogens (tertiary/aromatic N) is 5. The number of hydrogen-bond acceptors (Lipinski definition) is 5. The van der Waals surface area contributed by atoms with E-state index in [9.17, 15) is 0 Å². The molecule has 0 unspecified atom stereocenters. The van der Waals surface area contributed by atoms with E-state index in [1.165, 1.54) is 56.1 Å². The Bertz CT molecular complexity index is 1440. The minimum absolute atomic E-state index is 0. The molecular formula is C35H41N5Pt. The van der Waals surface area contributed by atoms with Gasteiger partial charge in [-0.25, -0.2) is 0 Å². The number of benzene rings is 3. The molecule has 41 heavy (non-hydrogen) atoms. The van der Waals surface area contributed by atoms with Crippen molar-refractivity contribution in [2.45, 2.75) is 67.2 Å². The molecule has 3 aromatic carbocycles. The largest absolute Gasteiger partial charge is 4.00 e. The molecule has 216 valence electrons. The van der Waals surface area contributed by atoms with E-state index in [4.69, 9.17) is 11.8 Å². The van der Waals surface area contributed by atoms with Gasteiger partial charge in [0.2, 0.25) is 0 Å². The molecule has 0 atom stereocenters. The molecule has 0 spiro atoms. The van der Waals surface area contributed by atoms with Gasteiger partial charge in [0.15, 0.2) is 0 Å². The maximum atomic E-state index is 6.25. The van der Waals surface area contributed by atoms with E-state index in [2.05, 4.69) is 151 Å². The van der Waals surface area contributed by atoms with Gasteiger partial charge in [0.1, 0.15) is 0 Å². The summed E-state index contributed by atoms with van der Waals surface area (Å²) in [4.78, 5) is 8.98. The molecule has 0 fully saturated rings. The summed E-state index contributed by atoms with van der Waals surface area (Å²) in [6.45, 7) is 27.0. The Hall–Kier alpha value is -3.22. The first-order valence-corrected chi connectivity index (χ1v) is 13.9. The number of rotatable bonds is 5. The van der Waals surface area contributed by atoms with Crippen molar-refractivity contribution in [3.8, 4) is 11.1 Å². The second kappa shape index (κ2) is 12.7. The molecule has 2 aliphatic heterocycles. The Kier molecular flexibility index (Phi) is 10.0. The van der Waals surface area contributed by atoms with E-state index in [-0.39, 0.29) is 21.1 Å². The predicted molar refractivity (Wildman–Crippen MR) is 168 cm³/mol. The van der Waals surface area contributed by atoms with Crippen LogP contribution in [0.25, 0.3) is 11.1 Å². The third kappa shape index (κ3) is 5.91. The number of aryl methyl sites for hydroxylation is 2. The van der Waals surface area contributed by atoms with Gasteiger partial charge >= 0.3 is 21.1 Å². The third-order valence-corrected chi connectivity index (χ3v) is 8.24. The Morgan fingerprint density at radius 1 is 0.707 bits per heavy atom. The van der Waals surface area contributed by atoms with Crippen LogP contribution in [-0.2, 0) is 21.1 Å². The van der Waals surface area contributed by atoms with E-state index >= 15 is 0 Å². The molecule has 0 aromatic heterocycles. The van der Waals surface area contributed by atoms with Crippen LogP contribution in [0.15, 0.2) is 53.9 Å². The molecule has 5 rings (SSSR count). The van der Waals surface area contributed by atoms with Crippen LogP contribution in [0.1, 0.15) is 75.6 Å². The first-order chi connectivity index (χ1) is 19.0. The molecule has 0 bridgehead atoms. The van der Waals surface area contributed by atoms with Crippen LogP contribution < -0.4 is 14.7 Å². The van der Waals surface area contributed by atoms with Crippen molar-refractivity contribution in [3.63, 3.8) is 0 Å². The van der Waals surface area contributed by atoms with Gasteiger partial charge in [-0.15, -0.1) is 35.1 Å². The first-order valence-electron chi connectivity index (χ1n) is 13.9. The number of allylic oxidation sites excluding steroid dienone is 2. The van der Waals surface area contributed by atoms with Crippen LogP contribution >= 0.6 is 0 Å². The zero-order valence-corrected chi connectivity index (χ0v) is 28.2. The van der Waals surface area contributed by atoms with Gasteiger partial charge in [0, 0.05) is 17.1 Å². The van der Waals surface area contributed by atoms with E-state index in [0.29, 0.717) is 11.8 Å². The average Bonchev–Trinajstić information content (AvgIpc) is 3.39. The standard InChI is InChI=1S/C34H41N4.CN.Pt/c1-21(2)30-12-11-13-31(22(3)4)34(30)27-16-28(37-19-35(9)25(7)26(37)8)18-29(17-27)38-20-36(10)32-14-23(5)24(6)15-33(32)38;1-2;/h11-17,19-22H,1-10H3;;/q-3;-1;+4. The quantitative estimate of drug-likeness (QED) is 0.246. The maximum absolute atomic E-state index is 6.25. The van der Waals surface area contributed by atoms with Crippen LogP contribution in [0, 0.1) is 45.1 Å². The van der Waals surface area contributed by atoms with Gasteiger partial charge in [0.05, 0.1) is 0 Å². The average molecular weight is 727 g/mol. The third-order valence-electron chi connectivity index (χ3n) is 8.24. The zero-order valence-electron chi connectivity index (χ0n) is 25.9. The molecule has 0 aliphatic carbocycles. The molecule has 3 aromatic rings. The van der Waals surface area contributed by atoms with Gasteiger partial charge in [-0.2, -0.15) is 13.3 Å². The topological polar surface area (TPSA) is 36.8 Å². The Balaban J connectivity index is 0.00000151. The summed E-state index contributed by atoms with van der Waals surface area (Å²) in [5.41, 5.74) is 15.0. The SMILES string of the molecule is CC1=C(C)N(c2[c-]c(N3[CH-]N(C)c4cc(C)c(C)cc43)cc(-c3c(C(C)C)cccc3C(C)C)c2)[CH-]N1C.[C-]#N.[Pt+4]. The van der Waals surface area contributed by atoms with Crippen LogP contribution in [0.4, 0.5) is 22.7 Å². The zero-order chi connectivity index (χ0) is 29.5. The van der Waals surface area contributed by atoms with Crippen molar-refractivity contribution in [1.82, 2.24) is 4.90 Å². The normalized spacial score (nSPS) is 14.5. The molecule has 0 saturated heterocycles. The van der Waals surface area contributed by atoms with Crippen LogP contribution in [-0.4, -0.2) is 19.0 Å². The summed E-state index contributed by atoms with van der Waals surface area (Å²) in [5, 5.41) is 6.25. The molecule has 0 saturated carbocycles. The Labute approximate surface area is 262 Å². The van der Waals surface area contributed by atoms with Crippen molar-refractivity contribution in [2.75, 3.05) is 28.8 Å². The van der Waals surface area contributed by atoms with Crippen molar-refractivity contribution in [3.05, 3.63) is 102 Å². The van der Waals surface area contributed by atoms with Crippen molar-refractivity contribution < 1.29 is 21.1 Å². The molecule has 2 aliphatic rings. The second-order valence-corrected chi connectivity index (χ2v) is 11.5. The number of hydrogen-bond donors (Lipinski definition) is 0. The smallest absolute Gasteiger partial charge is 0.512 e. The van der Waals surface area contributed by atoms with Gasteiger partial charge in [-0.05, 0) is 99.3 Å². The van der Waals surface area contributed by atoms with Gasteiger partial charge in [-0.1, -0.05) is 45.9 Å². The molecule has 2 heterocycles. The van der Waals surface area contributed by atoms with Gasteiger partial charge in [0.25, 0.3) is 0 Å². The fourth-order valence-electron chi connectivity index (χ4n) is 5.60. The fraction of sp³-hybridized carbons (Fsp3) is 0.343. The van der Waals surface area contributed by atoms with E-state index in [1.807, 2.05) is 0 Å². The van der Waals surface area contributed by atoms with E-state index in [0.717, 1.165) is 11.4 Å². The molecule has 0 N–H and O–H groups in total. The minimum Gasteiger partial charge on any atom is -0.512 e. The maximum Gasteiger partial charge on any atom is 4.00 e.